The third-order valence-electron chi connectivity index (χ3n) is 2.30. The smallest absolute Gasteiger partial charge is 0.306 e. The highest BCUT2D eigenvalue weighted by Gasteiger charge is 2.07. The van der Waals surface area contributed by atoms with Crippen molar-refractivity contribution in [2.45, 2.75) is 26.3 Å². The van der Waals surface area contributed by atoms with Gasteiger partial charge in [-0.2, -0.15) is 0 Å². The van der Waals surface area contributed by atoms with Crippen molar-refractivity contribution in [3.63, 3.8) is 0 Å². The van der Waals surface area contributed by atoms with Gasteiger partial charge in [0.25, 0.3) is 0 Å². The third-order valence-corrected chi connectivity index (χ3v) is 2.66. The van der Waals surface area contributed by atoms with Gasteiger partial charge in [-0.25, -0.2) is 0 Å². The van der Waals surface area contributed by atoms with Gasteiger partial charge >= 0.3 is 5.97 Å². The molecule has 0 unspecified atom stereocenters. The fraction of sp³-hybridized carbons (Fsp3) is 0.385. The van der Waals surface area contributed by atoms with Crippen molar-refractivity contribution in [2.24, 2.45) is 0 Å². The van der Waals surface area contributed by atoms with Gasteiger partial charge in [0.15, 0.2) is 0 Å². The van der Waals surface area contributed by atoms with Crippen molar-refractivity contribution >= 4 is 23.5 Å². The second-order valence-electron chi connectivity index (χ2n) is 3.67. The SMILES string of the molecule is CCOC(=O)CCC(=O)NCc1ccccc1Cl. The number of hydrogen-bond donors (Lipinski definition) is 1. The van der Waals surface area contributed by atoms with Crippen LogP contribution in [0.15, 0.2) is 24.3 Å². The highest BCUT2D eigenvalue weighted by Crippen LogP contribution is 2.14. The molecule has 0 aliphatic heterocycles. The molecule has 0 bridgehead atoms. The van der Waals surface area contributed by atoms with Crippen molar-refractivity contribution in [2.75, 3.05) is 6.61 Å². The van der Waals surface area contributed by atoms with E-state index in [4.69, 9.17) is 16.3 Å². The van der Waals surface area contributed by atoms with E-state index in [1.807, 2.05) is 18.2 Å². The Morgan fingerprint density at radius 1 is 1.28 bits per heavy atom. The average Bonchev–Trinajstić information content (AvgIpc) is 2.36. The number of nitrogens with one attached hydrogen (secondary N) is 1. The number of benzene rings is 1. The maximum atomic E-state index is 11.5. The molecule has 0 aliphatic carbocycles. The average molecular weight is 270 g/mol. The Labute approximate surface area is 111 Å². The summed E-state index contributed by atoms with van der Waals surface area (Å²) in [7, 11) is 0. The van der Waals surface area contributed by atoms with Crippen LogP contribution in [0.2, 0.25) is 5.02 Å². The zero-order valence-electron chi connectivity index (χ0n) is 10.2. The Kier molecular flexibility index (Phi) is 6.22. The van der Waals surface area contributed by atoms with Gasteiger partial charge in [0, 0.05) is 18.0 Å². The molecule has 98 valence electrons. The minimum absolute atomic E-state index is 0.0994. The predicted molar refractivity (Wildman–Crippen MR) is 69.2 cm³/mol. The zero-order chi connectivity index (χ0) is 13.4. The van der Waals surface area contributed by atoms with Crippen LogP contribution in [0.1, 0.15) is 25.3 Å². The molecule has 1 aromatic rings. The number of rotatable bonds is 6. The van der Waals surface area contributed by atoms with Gasteiger partial charge in [-0.15, -0.1) is 0 Å². The first-order valence-corrected chi connectivity index (χ1v) is 6.17. The molecule has 0 aliphatic rings. The fourth-order valence-electron chi connectivity index (χ4n) is 1.37. The molecule has 0 saturated heterocycles. The van der Waals surface area contributed by atoms with E-state index in [1.54, 1.807) is 13.0 Å². The van der Waals surface area contributed by atoms with Crippen molar-refractivity contribution in [1.82, 2.24) is 5.32 Å². The summed E-state index contributed by atoms with van der Waals surface area (Å²) in [5.74, 6) is -0.548. The molecule has 0 radical (unpaired) electrons. The maximum absolute atomic E-state index is 11.5. The maximum Gasteiger partial charge on any atom is 0.306 e. The van der Waals surface area contributed by atoms with E-state index in [0.717, 1.165) is 5.56 Å². The highest BCUT2D eigenvalue weighted by atomic mass is 35.5. The lowest BCUT2D eigenvalue weighted by Crippen LogP contribution is -2.23. The molecule has 1 N–H and O–H groups in total. The molecule has 1 amide bonds. The van der Waals surface area contributed by atoms with E-state index in [1.165, 1.54) is 0 Å². The Morgan fingerprint density at radius 3 is 2.67 bits per heavy atom. The van der Waals surface area contributed by atoms with E-state index >= 15 is 0 Å². The lowest BCUT2D eigenvalue weighted by atomic mass is 10.2. The highest BCUT2D eigenvalue weighted by molar-refractivity contribution is 6.31. The van der Waals surface area contributed by atoms with Gasteiger partial charge in [-0.3, -0.25) is 9.59 Å². The first kappa shape index (κ1) is 14.5. The summed E-state index contributed by atoms with van der Waals surface area (Å²) >= 11 is 5.95. The Balaban J connectivity index is 2.29. The largest absolute Gasteiger partial charge is 0.466 e. The second kappa shape index (κ2) is 7.71. The monoisotopic (exact) mass is 269 g/mol. The van der Waals surface area contributed by atoms with Gasteiger partial charge in [0.1, 0.15) is 0 Å². The van der Waals surface area contributed by atoms with Gasteiger partial charge in [-0.05, 0) is 18.6 Å². The van der Waals surface area contributed by atoms with Crippen LogP contribution in [0.3, 0.4) is 0 Å². The van der Waals surface area contributed by atoms with Crippen LogP contribution in [-0.4, -0.2) is 18.5 Å². The molecule has 5 heteroatoms. The number of halogens is 1. The summed E-state index contributed by atoms with van der Waals surface area (Å²) in [4.78, 5) is 22.5. The lowest BCUT2D eigenvalue weighted by molar-refractivity contribution is -0.144. The molecule has 18 heavy (non-hydrogen) atoms. The zero-order valence-corrected chi connectivity index (χ0v) is 11.0. The number of ether oxygens (including phenoxy) is 1. The van der Waals surface area contributed by atoms with Crippen LogP contribution >= 0.6 is 11.6 Å². The molecule has 1 rings (SSSR count). The van der Waals surface area contributed by atoms with Crippen LogP contribution in [0.5, 0.6) is 0 Å². The quantitative estimate of drug-likeness (QED) is 0.806. The summed E-state index contributed by atoms with van der Waals surface area (Å²) in [6, 6.07) is 7.29. The van der Waals surface area contributed by atoms with Gasteiger partial charge in [0.2, 0.25) is 5.91 Å². The molecule has 0 atom stereocenters. The number of carbonyl (C=O) groups is 2. The van der Waals surface area contributed by atoms with Crippen molar-refractivity contribution in [3.05, 3.63) is 34.9 Å². The second-order valence-corrected chi connectivity index (χ2v) is 4.08. The summed E-state index contributed by atoms with van der Waals surface area (Å²) in [6.45, 7) is 2.43. The van der Waals surface area contributed by atoms with E-state index in [9.17, 15) is 9.59 Å². The van der Waals surface area contributed by atoms with Crippen molar-refractivity contribution in [1.29, 1.82) is 0 Å². The van der Waals surface area contributed by atoms with E-state index < -0.39 is 0 Å². The molecule has 0 saturated carbocycles. The van der Waals surface area contributed by atoms with Crippen molar-refractivity contribution in [3.8, 4) is 0 Å². The molecule has 1 aromatic carbocycles. The topological polar surface area (TPSA) is 55.4 Å². The molecule has 0 aromatic heterocycles. The standard InChI is InChI=1S/C13H16ClNO3/c1-2-18-13(17)8-7-12(16)15-9-10-5-3-4-6-11(10)14/h3-6H,2,7-9H2,1H3,(H,15,16). The van der Waals surface area contributed by atoms with Gasteiger partial charge < -0.3 is 10.1 Å². The van der Waals surface area contributed by atoms with Crippen molar-refractivity contribution < 1.29 is 14.3 Å². The Morgan fingerprint density at radius 2 is 2.00 bits per heavy atom. The number of amides is 1. The lowest BCUT2D eigenvalue weighted by Gasteiger charge is -2.06. The van der Waals surface area contributed by atoms with E-state index in [-0.39, 0.29) is 24.7 Å². The fourth-order valence-corrected chi connectivity index (χ4v) is 1.58. The van der Waals surface area contributed by atoms with Gasteiger partial charge in [-0.1, -0.05) is 29.8 Å². The van der Waals surface area contributed by atoms with Crippen LogP contribution in [0.4, 0.5) is 0 Å². The Hall–Kier alpha value is -1.55. The molecule has 0 fully saturated rings. The molecular weight excluding hydrogens is 254 g/mol. The first-order valence-electron chi connectivity index (χ1n) is 5.79. The Bertz CT molecular complexity index is 420. The third kappa shape index (κ3) is 5.19. The van der Waals surface area contributed by atoms with Crippen LogP contribution in [0.25, 0.3) is 0 Å². The van der Waals surface area contributed by atoms with Crippen LogP contribution in [-0.2, 0) is 20.9 Å². The first-order chi connectivity index (χ1) is 8.63. The minimum atomic E-state index is -0.356. The number of esters is 1. The van der Waals surface area contributed by atoms with Crippen LogP contribution in [0, 0.1) is 0 Å². The normalized spacial score (nSPS) is 9.89. The number of carbonyl (C=O) groups excluding carboxylic acids is 2. The number of hydrogen-bond acceptors (Lipinski definition) is 3. The van der Waals surface area contributed by atoms with Gasteiger partial charge in [0.05, 0.1) is 13.0 Å². The molecule has 4 nitrogen and oxygen atoms in total. The van der Waals surface area contributed by atoms with E-state index in [0.29, 0.717) is 18.2 Å². The molecule has 0 spiro atoms. The van der Waals surface area contributed by atoms with E-state index in [2.05, 4.69) is 5.32 Å². The minimum Gasteiger partial charge on any atom is -0.466 e. The summed E-state index contributed by atoms with van der Waals surface area (Å²) in [5, 5.41) is 3.32. The molecular formula is C13H16ClNO3. The predicted octanol–water partition coefficient (Wildman–Crippen LogP) is 2.30. The van der Waals surface area contributed by atoms with Crippen LogP contribution < -0.4 is 5.32 Å². The summed E-state index contributed by atoms with van der Waals surface area (Å²) in [6.07, 6.45) is 0.228. The molecule has 0 heterocycles. The summed E-state index contributed by atoms with van der Waals surface area (Å²) < 4.78 is 4.73. The summed E-state index contributed by atoms with van der Waals surface area (Å²) in [5.41, 5.74) is 0.851.